The lowest BCUT2D eigenvalue weighted by Crippen LogP contribution is -2.35. The summed E-state index contributed by atoms with van der Waals surface area (Å²) in [6.45, 7) is 0.0422. The van der Waals surface area contributed by atoms with Crippen molar-refractivity contribution in [3.05, 3.63) is 99.6 Å². The summed E-state index contributed by atoms with van der Waals surface area (Å²) < 4.78 is 20.7. The van der Waals surface area contributed by atoms with Crippen molar-refractivity contribution in [3.63, 3.8) is 0 Å². The maximum Gasteiger partial charge on any atom is 0.266 e. The van der Waals surface area contributed by atoms with Crippen LogP contribution >= 0.6 is 0 Å². The molecule has 0 saturated carbocycles. The van der Waals surface area contributed by atoms with E-state index in [1.54, 1.807) is 49.6 Å². The van der Waals surface area contributed by atoms with E-state index in [-0.39, 0.29) is 36.6 Å². The molecule has 35 heavy (non-hydrogen) atoms. The third-order valence-electron chi connectivity index (χ3n) is 5.23. The van der Waals surface area contributed by atoms with Crippen LogP contribution in [0.1, 0.15) is 0 Å². The van der Waals surface area contributed by atoms with Gasteiger partial charge in [0.15, 0.2) is 0 Å². The molecule has 0 unspecified atom stereocenters. The highest BCUT2D eigenvalue weighted by Crippen LogP contribution is 2.19. The summed E-state index contributed by atoms with van der Waals surface area (Å²) in [6, 6.07) is 17.2. The Balaban J connectivity index is 1.35. The van der Waals surface area contributed by atoms with Crippen LogP contribution in [0.15, 0.2) is 82.6 Å². The molecule has 0 fully saturated rings. The number of hydrogen-bond acceptors (Lipinski definition) is 6. The highest BCUT2D eigenvalue weighted by Gasteiger charge is 2.09. The predicted octanol–water partition coefficient (Wildman–Crippen LogP) is 2.10. The molecule has 0 spiro atoms. The van der Waals surface area contributed by atoms with E-state index in [0.717, 1.165) is 5.56 Å². The molecule has 0 aliphatic heterocycles. The molecular weight excluding hydrogens is 453 g/mol. The number of methoxy groups -OCH3 is 1. The third kappa shape index (κ3) is 5.85. The lowest BCUT2D eigenvalue weighted by atomic mass is 10.1. The lowest BCUT2D eigenvalue weighted by molar-refractivity contribution is -0.121. The van der Waals surface area contributed by atoms with Gasteiger partial charge < -0.3 is 10.1 Å². The molecule has 2 aromatic carbocycles. The van der Waals surface area contributed by atoms with Gasteiger partial charge in [0.25, 0.3) is 11.1 Å². The number of nitrogens with one attached hydrogen (secondary N) is 1. The summed E-state index contributed by atoms with van der Waals surface area (Å²) in [4.78, 5) is 41.2. The number of halogens is 1. The molecule has 0 aliphatic rings. The van der Waals surface area contributed by atoms with Gasteiger partial charge in [-0.05, 0) is 54.6 Å². The van der Waals surface area contributed by atoms with Crippen molar-refractivity contribution in [1.29, 1.82) is 0 Å². The van der Waals surface area contributed by atoms with Crippen LogP contribution in [0, 0.1) is 5.82 Å². The molecule has 1 amide bonds. The van der Waals surface area contributed by atoms with Crippen molar-refractivity contribution in [2.75, 3.05) is 13.7 Å². The standard InChI is InChI=1S/C25H22FN5O4/c1-35-20-8-4-18(5-9-20)22-14-25(34)30(16-28-22)15-23(32)27-12-13-31-24(33)11-10-21(29-31)17-2-6-19(26)7-3-17/h2-11,14,16H,12-13,15H2,1H3,(H,27,32). The number of amides is 1. The van der Waals surface area contributed by atoms with E-state index in [0.29, 0.717) is 22.7 Å². The van der Waals surface area contributed by atoms with Gasteiger partial charge in [0.05, 0.1) is 31.4 Å². The zero-order valence-electron chi connectivity index (χ0n) is 18.8. The van der Waals surface area contributed by atoms with E-state index >= 15 is 0 Å². The second-order valence-corrected chi connectivity index (χ2v) is 7.61. The first kappa shape index (κ1) is 23.6. The molecular formula is C25H22FN5O4. The van der Waals surface area contributed by atoms with Crippen molar-refractivity contribution in [3.8, 4) is 28.3 Å². The van der Waals surface area contributed by atoms with Gasteiger partial charge in [-0.2, -0.15) is 5.10 Å². The number of carbonyl (C=O) groups is 1. The molecule has 1 N–H and O–H groups in total. The predicted molar refractivity (Wildman–Crippen MR) is 127 cm³/mol. The van der Waals surface area contributed by atoms with Crippen molar-refractivity contribution < 1.29 is 13.9 Å². The Bertz CT molecular complexity index is 1450. The minimum Gasteiger partial charge on any atom is -0.497 e. The first-order chi connectivity index (χ1) is 16.9. The fourth-order valence-corrected chi connectivity index (χ4v) is 3.36. The Morgan fingerprint density at radius 2 is 1.63 bits per heavy atom. The van der Waals surface area contributed by atoms with E-state index in [1.807, 2.05) is 0 Å². The Hall–Kier alpha value is -4.60. The highest BCUT2D eigenvalue weighted by molar-refractivity contribution is 5.75. The maximum atomic E-state index is 13.1. The van der Waals surface area contributed by atoms with Gasteiger partial charge in [0.2, 0.25) is 5.91 Å². The van der Waals surface area contributed by atoms with Crippen LogP contribution in [-0.2, 0) is 17.9 Å². The quantitative estimate of drug-likeness (QED) is 0.418. The number of nitrogens with zero attached hydrogens (tertiary/aromatic N) is 4. The van der Waals surface area contributed by atoms with Crippen molar-refractivity contribution in [2.45, 2.75) is 13.1 Å². The molecule has 4 rings (SSSR count). The first-order valence-corrected chi connectivity index (χ1v) is 10.7. The number of ether oxygens (including phenoxy) is 1. The average molecular weight is 475 g/mol. The summed E-state index contributed by atoms with van der Waals surface area (Å²) in [5.74, 6) is -0.0818. The normalized spacial score (nSPS) is 10.7. The molecule has 2 heterocycles. The summed E-state index contributed by atoms with van der Waals surface area (Å²) in [7, 11) is 1.57. The van der Waals surface area contributed by atoms with Crippen LogP contribution in [0.3, 0.4) is 0 Å². The van der Waals surface area contributed by atoms with E-state index in [9.17, 15) is 18.8 Å². The topological polar surface area (TPSA) is 108 Å². The molecule has 0 aliphatic carbocycles. The molecule has 4 aromatic rings. The monoisotopic (exact) mass is 475 g/mol. The molecule has 0 atom stereocenters. The molecule has 9 nitrogen and oxygen atoms in total. The zero-order valence-corrected chi connectivity index (χ0v) is 18.8. The third-order valence-corrected chi connectivity index (χ3v) is 5.23. The minimum absolute atomic E-state index is 0.128. The number of carbonyl (C=O) groups excluding carboxylic acids is 1. The van der Waals surface area contributed by atoms with Crippen LogP contribution in [0.25, 0.3) is 22.5 Å². The number of benzene rings is 2. The van der Waals surface area contributed by atoms with E-state index in [2.05, 4.69) is 15.4 Å². The minimum atomic E-state index is -0.408. The van der Waals surface area contributed by atoms with Crippen LogP contribution in [0.4, 0.5) is 4.39 Å². The SMILES string of the molecule is COc1ccc(-c2cc(=O)n(CC(=O)NCCn3nc(-c4ccc(F)cc4)ccc3=O)cn2)cc1. The lowest BCUT2D eigenvalue weighted by Gasteiger charge is -2.10. The van der Waals surface area contributed by atoms with Crippen LogP contribution in [0.5, 0.6) is 5.75 Å². The summed E-state index contributed by atoms with van der Waals surface area (Å²) >= 11 is 0. The number of hydrogen-bond donors (Lipinski definition) is 1. The molecule has 10 heteroatoms. The Morgan fingerprint density at radius 3 is 2.31 bits per heavy atom. The summed E-state index contributed by atoms with van der Waals surface area (Å²) in [6.07, 6.45) is 1.32. The number of aromatic nitrogens is 4. The van der Waals surface area contributed by atoms with E-state index in [1.165, 1.54) is 39.8 Å². The molecule has 0 radical (unpaired) electrons. The van der Waals surface area contributed by atoms with Crippen LogP contribution in [0.2, 0.25) is 0 Å². The Labute approximate surface area is 199 Å². The van der Waals surface area contributed by atoms with Gasteiger partial charge in [-0.3, -0.25) is 19.0 Å². The molecule has 0 saturated heterocycles. The zero-order chi connectivity index (χ0) is 24.8. The van der Waals surface area contributed by atoms with Crippen LogP contribution < -0.4 is 21.2 Å². The summed E-state index contributed by atoms with van der Waals surface area (Å²) in [5.41, 5.74) is 1.70. The largest absolute Gasteiger partial charge is 0.497 e. The smallest absolute Gasteiger partial charge is 0.266 e. The van der Waals surface area contributed by atoms with Gasteiger partial charge >= 0.3 is 0 Å². The Morgan fingerprint density at radius 1 is 0.943 bits per heavy atom. The summed E-state index contributed by atoms with van der Waals surface area (Å²) in [5, 5.41) is 6.94. The second kappa shape index (κ2) is 10.6. The van der Waals surface area contributed by atoms with Gasteiger partial charge in [-0.1, -0.05) is 0 Å². The van der Waals surface area contributed by atoms with Crippen molar-refractivity contribution in [1.82, 2.24) is 24.6 Å². The fraction of sp³-hybridized carbons (Fsp3) is 0.160. The maximum absolute atomic E-state index is 13.1. The van der Waals surface area contributed by atoms with E-state index in [4.69, 9.17) is 4.74 Å². The number of rotatable bonds is 8. The van der Waals surface area contributed by atoms with Crippen molar-refractivity contribution in [2.24, 2.45) is 0 Å². The van der Waals surface area contributed by atoms with E-state index < -0.39 is 5.91 Å². The first-order valence-electron chi connectivity index (χ1n) is 10.7. The van der Waals surface area contributed by atoms with Gasteiger partial charge in [-0.15, -0.1) is 0 Å². The molecule has 178 valence electrons. The highest BCUT2D eigenvalue weighted by atomic mass is 19.1. The fourth-order valence-electron chi connectivity index (χ4n) is 3.36. The van der Waals surface area contributed by atoms with Crippen LogP contribution in [-0.4, -0.2) is 38.9 Å². The van der Waals surface area contributed by atoms with Gasteiger partial charge in [-0.25, -0.2) is 14.1 Å². The average Bonchev–Trinajstić information content (AvgIpc) is 2.87. The van der Waals surface area contributed by atoms with Gasteiger partial charge in [0.1, 0.15) is 18.1 Å². The Kier molecular flexibility index (Phi) is 7.10. The molecule has 0 bridgehead atoms. The van der Waals surface area contributed by atoms with Gasteiger partial charge in [0, 0.05) is 29.8 Å². The molecule has 2 aromatic heterocycles. The second-order valence-electron chi connectivity index (χ2n) is 7.61. The van der Waals surface area contributed by atoms with Crippen molar-refractivity contribution >= 4 is 5.91 Å².